The van der Waals surface area contributed by atoms with Crippen molar-refractivity contribution >= 4 is 0 Å². The van der Waals surface area contributed by atoms with E-state index in [2.05, 4.69) is 13.8 Å². The first-order chi connectivity index (χ1) is 6.70. The minimum Gasteiger partial charge on any atom is -0.393 e. The highest BCUT2D eigenvalue weighted by molar-refractivity contribution is 4.92. The van der Waals surface area contributed by atoms with E-state index in [1.165, 1.54) is 19.3 Å². The molecule has 2 saturated heterocycles. The van der Waals surface area contributed by atoms with Gasteiger partial charge in [-0.15, -0.1) is 0 Å². The lowest BCUT2D eigenvalue weighted by molar-refractivity contribution is 0.0315. The van der Waals surface area contributed by atoms with E-state index in [0.29, 0.717) is 24.0 Å². The molecule has 5 unspecified atom stereocenters. The van der Waals surface area contributed by atoms with Crippen LogP contribution in [0.3, 0.4) is 0 Å². The number of hydrogen-bond donors (Lipinski definition) is 1. The SMILES string of the molecule is CCC(C)CC(O)C1CC2CCC1O2. The summed E-state index contributed by atoms with van der Waals surface area (Å²) in [5.74, 6) is 1.08. The van der Waals surface area contributed by atoms with E-state index in [1.807, 2.05) is 0 Å². The molecule has 14 heavy (non-hydrogen) atoms. The van der Waals surface area contributed by atoms with Gasteiger partial charge in [-0.2, -0.15) is 0 Å². The van der Waals surface area contributed by atoms with Crippen LogP contribution in [0.1, 0.15) is 46.0 Å². The van der Waals surface area contributed by atoms with Gasteiger partial charge in [0.25, 0.3) is 0 Å². The topological polar surface area (TPSA) is 29.5 Å². The second-order valence-electron chi connectivity index (χ2n) is 5.09. The average Bonchev–Trinajstić information content (AvgIpc) is 2.78. The molecule has 0 spiro atoms. The van der Waals surface area contributed by atoms with Gasteiger partial charge < -0.3 is 9.84 Å². The standard InChI is InChI=1S/C12H22O2/c1-3-8(2)6-11(13)10-7-9-4-5-12(10)14-9/h8-13H,3-7H2,1-2H3. The van der Waals surface area contributed by atoms with Gasteiger partial charge in [0, 0.05) is 5.92 Å². The Morgan fingerprint density at radius 1 is 1.43 bits per heavy atom. The van der Waals surface area contributed by atoms with E-state index in [-0.39, 0.29) is 6.10 Å². The number of rotatable bonds is 4. The molecule has 82 valence electrons. The van der Waals surface area contributed by atoms with E-state index in [1.54, 1.807) is 0 Å². The second-order valence-corrected chi connectivity index (χ2v) is 5.09. The van der Waals surface area contributed by atoms with Crippen molar-refractivity contribution in [3.8, 4) is 0 Å². The number of hydrogen-bond acceptors (Lipinski definition) is 2. The van der Waals surface area contributed by atoms with Gasteiger partial charge in [0.1, 0.15) is 0 Å². The van der Waals surface area contributed by atoms with Gasteiger partial charge in [0.05, 0.1) is 18.3 Å². The van der Waals surface area contributed by atoms with Crippen LogP contribution in [-0.2, 0) is 4.74 Å². The molecule has 0 saturated carbocycles. The molecule has 0 aliphatic carbocycles. The molecule has 2 aliphatic heterocycles. The van der Waals surface area contributed by atoms with Crippen molar-refractivity contribution in [2.24, 2.45) is 11.8 Å². The third-order valence-corrected chi connectivity index (χ3v) is 3.99. The highest BCUT2D eigenvalue weighted by Gasteiger charge is 2.43. The van der Waals surface area contributed by atoms with Crippen LogP contribution in [0.15, 0.2) is 0 Å². The summed E-state index contributed by atoms with van der Waals surface area (Å²) < 4.78 is 5.76. The minimum atomic E-state index is -0.125. The fourth-order valence-corrected chi connectivity index (χ4v) is 2.84. The average molecular weight is 198 g/mol. The van der Waals surface area contributed by atoms with Gasteiger partial charge in [0.2, 0.25) is 0 Å². The van der Waals surface area contributed by atoms with Gasteiger partial charge >= 0.3 is 0 Å². The van der Waals surface area contributed by atoms with Crippen LogP contribution in [0.25, 0.3) is 0 Å². The smallest absolute Gasteiger partial charge is 0.0633 e. The Kier molecular flexibility index (Phi) is 3.13. The normalized spacial score (nSPS) is 40.1. The number of aliphatic hydroxyl groups excluding tert-OH is 1. The van der Waals surface area contributed by atoms with Crippen LogP contribution in [0.2, 0.25) is 0 Å². The molecule has 2 bridgehead atoms. The largest absolute Gasteiger partial charge is 0.393 e. The summed E-state index contributed by atoms with van der Waals surface area (Å²) in [6.07, 6.45) is 6.33. The summed E-state index contributed by atoms with van der Waals surface area (Å²) >= 11 is 0. The molecule has 0 aromatic heterocycles. The van der Waals surface area contributed by atoms with Crippen molar-refractivity contribution in [1.29, 1.82) is 0 Å². The van der Waals surface area contributed by atoms with Crippen molar-refractivity contribution in [3.63, 3.8) is 0 Å². The molecule has 2 fully saturated rings. The van der Waals surface area contributed by atoms with Crippen LogP contribution < -0.4 is 0 Å². The number of ether oxygens (including phenoxy) is 1. The van der Waals surface area contributed by atoms with Crippen LogP contribution in [-0.4, -0.2) is 23.4 Å². The Morgan fingerprint density at radius 3 is 2.71 bits per heavy atom. The van der Waals surface area contributed by atoms with Crippen LogP contribution in [0, 0.1) is 11.8 Å². The van der Waals surface area contributed by atoms with Crippen molar-refractivity contribution < 1.29 is 9.84 Å². The monoisotopic (exact) mass is 198 g/mol. The maximum Gasteiger partial charge on any atom is 0.0633 e. The summed E-state index contributed by atoms with van der Waals surface area (Å²) in [6, 6.07) is 0. The molecule has 5 atom stereocenters. The Balaban J connectivity index is 1.83. The lowest BCUT2D eigenvalue weighted by Crippen LogP contribution is -2.30. The van der Waals surface area contributed by atoms with E-state index in [0.717, 1.165) is 12.8 Å². The Bertz CT molecular complexity index is 193. The maximum atomic E-state index is 10.1. The first-order valence-corrected chi connectivity index (χ1v) is 6.04. The van der Waals surface area contributed by atoms with E-state index in [4.69, 9.17) is 4.74 Å². The molecule has 0 radical (unpaired) electrons. The molecular formula is C12H22O2. The van der Waals surface area contributed by atoms with E-state index < -0.39 is 0 Å². The van der Waals surface area contributed by atoms with Crippen LogP contribution >= 0.6 is 0 Å². The van der Waals surface area contributed by atoms with Crippen LogP contribution in [0.5, 0.6) is 0 Å². The first kappa shape index (κ1) is 10.4. The first-order valence-electron chi connectivity index (χ1n) is 6.04. The molecule has 2 rings (SSSR count). The second kappa shape index (κ2) is 4.19. The van der Waals surface area contributed by atoms with Gasteiger partial charge in [-0.05, 0) is 31.6 Å². The lowest BCUT2D eigenvalue weighted by Gasteiger charge is -2.26. The molecule has 0 aromatic rings. The lowest BCUT2D eigenvalue weighted by atomic mass is 9.82. The zero-order valence-corrected chi connectivity index (χ0v) is 9.28. The van der Waals surface area contributed by atoms with Crippen molar-refractivity contribution in [2.75, 3.05) is 0 Å². The van der Waals surface area contributed by atoms with Gasteiger partial charge in [-0.3, -0.25) is 0 Å². The maximum absolute atomic E-state index is 10.1. The highest BCUT2D eigenvalue weighted by Crippen LogP contribution is 2.41. The van der Waals surface area contributed by atoms with Gasteiger partial charge in [0.15, 0.2) is 0 Å². The number of aliphatic hydroxyl groups is 1. The third kappa shape index (κ3) is 1.96. The molecule has 0 amide bonds. The predicted octanol–water partition coefficient (Wildman–Crippen LogP) is 2.35. The Morgan fingerprint density at radius 2 is 2.21 bits per heavy atom. The molecular weight excluding hydrogens is 176 g/mol. The van der Waals surface area contributed by atoms with Gasteiger partial charge in [-0.1, -0.05) is 20.3 Å². The predicted molar refractivity (Wildman–Crippen MR) is 56.1 cm³/mol. The number of fused-ring (bicyclic) bond motifs is 2. The van der Waals surface area contributed by atoms with E-state index in [9.17, 15) is 5.11 Å². The Labute approximate surface area is 86.6 Å². The summed E-state index contributed by atoms with van der Waals surface area (Å²) in [6.45, 7) is 4.41. The zero-order chi connectivity index (χ0) is 10.1. The van der Waals surface area contributed by atoms with Crippen molar-refractivity contribution in [1.82, 2.24) is 0 Å². The summed E-state index contributed by atoms with van der Waals surface area (Å²) in [5, 5.41) is 10.1. The Hall–Kier alpha value is -0.0800. The molecule has 2 heterocycles. The molecule has 1 N–H and O–H groups in total. The van der Waals surface area contributed by atoms with Crippen molar-refractivity contribution in [2.45, 2.75) is 64.3 Å². The van der Waals surface area contributed by atoms with Gasteiger partial charge in [-0.25, -0.2) is 0 Å². The minimum absolute atomic E-state index is 0.125. The molecule has 2 nitrogen and oxygen atoms in total. The molecule has 2 aliphatic rings. The summed E-state index contributed by atoms with van der Waals surface area (Å²) in [4.78, 5) is 0. The molecule has 2 heteroatoms. The van der Waals surface area contributed by atoms with Crippen LogP contribution in [0.4, 0.5) is 0 Å². The fourth-order valence-electron chi connectivity index (χ4n) is 2.84. The fraction of sp³-hybridized carbons (Fsp3) is 1.00. The third-order valence-electron chi connectivity index (χ3n) is 3.99. The summed E-state index contributed by atoms with van der Waals surface area (Å²) in [7, 11) is 0. The van der Waals surface area contributed by atoms with E-state index >= 15 is 0 Å². The quantitative estimate of drug-likeness (QED) is 0.751. The van der Waals surface area contributed by atoms with Crippen molar-refractivity contribution in [3.05, 3.63) is 0 Å². The highest BCUT2D eigenvalue weighted by atomic mass is 16.5. The zero-order valence-electron chi connectivity index (χ0n) is 9.28. The summed E-state index contributed by atoms with van der Waals surface area (Å²) in [5.41, 5.74) is 0. The molecule has 0 aromatic carbocycles.